The second-order valence-electron chi connectivity index (χ2n) is 4.13. The van der Waals surface area contributed by atoms with Gasteiger partial charge < -0.3 is 4.90 Å². The number of nitrogens with one attached hydrogen (secondary N) is 1. The minimum atomic E-state index is 0.730. The van der Waals surface area contributed by atoms with E-state index in [1.807, 2.05) is 6.92 Å². The first kappa shape index (κ1) is 10.6. The van der Waals surface area contributed by atoms with Crippen LogP contribution < -0.4 is 0 Å². The Hall–Kier alpha value is -0.530. The monoisotopic (exact) mass is 182 g/mol. The van der Waals surface area contributed by atoms with E-state index in [0.29, 0.717) is 0 Å². The summed E-state index contributed by atoms with van der Waals surface area (Å²) in [5, 5.41) is 7.60. The van der Waals surface area contributed by atoms with Gasteiger partial charge in [-0.3, -0.25) is 5.41 Å². The second-order valence-corrected chi connectivity index (χ2v) is 4.13. The summed E-state index contributed by atoms with van der Waals surface area (Å²) < 4.78 is 0. The zero-order chi connectivity index (χ0) is 9.68. The number of hydrogen-bond acceptors (Lipinski definition) is 1. The average Bonchev–Trinajstić information content (AvgIpc) is 2.15. The van der Waals surface area contributed by atoms with E-state index in [9.17, 15) is 0 Å². The number of amidine groups is 1. The third-order valence-corrected chi connectivity index (χ3v) is 3.06. The summed E-state index contributed by atoms with van der Waals surface area (Å²) in [6.07, 6.45) is 6.98. The van der Waals surface area contributed by atoms with E-state index in [-0.39, 0.29) is 0 Å². The highest BCUT2D eigenvalue weighted by Gasteiger charge is 2.16. The molecule has 0 aromatic carbocycles. The Bertz CT molecular complexity index is 159. The van der Waals surface area contributed by atoms with Gasteiger partial charge in [0.2, 0.25) is 0 Å². The molecule has 0 aliphatic heterocycles. The molecule has 0 spiro atoms. The third kappa shape index (κ3) is 3.37. The molecule has 1 saturated carbocycles. The van der Waals surface area contributed by atoms with Crippen LogP contribution in [0.25, 0.3) is 0 Å². The van der Waals surface area contributed by atoms with E-state index in [1.54, 1.807) is 0 Å². The minimum Gasteiger partial charge on any atom is -0.361 e. The normalized spacial score (nSPS) is 18.6. The zero-order valence-corrected chi connectivity index (χ0v) is 8.97. The third-order valence-electron chi connectivity index (χ3n) is 3.06. The summed E-state index contributed by atoms with van der Waals surface area (Å²) in [6.45, 7) is 6.14. The molecule has 0 amide bonds. The summed E-state index contributed by atoms with van der Waals surface area (Å²) >= 11 is 0. The maximum atomic E-state index is 7.60. The summed E-state index contributed by atoms with van der Waals surface area (Å²) in [4.78, 5) is 2.19. The highest BCUT2D eigenvalue weighted by Crippen LogP contribution is 2.24. The van der Waals surface area contributed by atoms with Crippen molar-refractivity contribution in [3.8, 4) is 0 Å². The molecule has 1 N–H and O–H groups in total. The van der Waals surface area contributed by atoms with Gasteiger partial charge in [0.05, 0.1) is 5.84 Å². The zero-order valence-electron chi connectivity index (χ0n) is 8.97. The summed E-state index contributed by atoms with van der Waals surface area (Å²) in [5.41, 5.74) is 0. The van der Waals surface area contributed by atoms with Crippen LogP contribution in [0.3, 0.4) is 0 Å². The smallest absolute Gasteiger partial charge is 0.0925 e. The fourth-order valence-corrected chi connectivity index (χ4v) is 2.18. The molecule has 0 bridgehead atoms. The molecule has 1 rings (SSSR count). The lowest BCUT2D eigenvalue weighted by Crippen LogP contribution is -2.33. The largest absolute Gasteiger partial charge is 0.361 e. The minimum absolute atomic E-state index is 0.730. The lowest BCUT2D eigenvalue weighted by atomic mass is 9.89. The molecule has 2 heteroatoms. The van der Waals surface area contributed by atoms with Crippen molar-refractivity contribution in [2.45, 2.75) is 46.0 Å². The molecule has 76 valence electrons. The van der Waals surface area contributed by atoms with Gasteiger partial charge in [-0.05, 0) is 32.6 Å². The first-order chi connectivity index (χ1) is 6.24. The van der Waals surface area contributed by atoms with Crippen LogP contribution >= 0.6 is 0 Å². The lowest BCUT2D eigenvalue weighted by molar-refractivity contribution is 0.278. The Morgan fingerprint density at radius 2 is 1.92 bits per heavy atom. The van der Waals surface area contributed by atoms with Gasteiger partial charge in [0.15, 0.2) is 0 Å². The van der Waals surface area contributed by atoms with Crippen LogP contribution in [0.4, 0.5) is 0 Å². The summed E-state index contributed by atoms with van der Waals surface area (Å²) in [5.74, 6) is 1.59. The van der Waals surface area contributed by atoms with Gasteiger partial charge in [-0.2, -0.15) is 0 Å². The second kappa shape index (κ2) is 5.25. The summed E-state index contributed by atoms with van der Waals surface area (Å²) in [6, 6.07) is 0. The van der Waals surface area contributed by atoms with Crippen molar-refractivity contribution >= 4 is 5.84 Å². The highest BCUT2D eigenvalue weighted by molar-refractivity contribution is 5.76. The van der Waals surface area contributed by atoms with Crippen LogP contribution in [0.2, 0.25) is 0 Å². The Kier molecular flexibility index (Phi) is 4.26. The Morgan fingerprint density at radius 3 is 2.38 bits per heavy atom. The fourth-order valence-electron chi connectivity index (χ4n) is 2.18. The molecule has 1 aliphatic carbocycles. The first-order valence-electron chi connectivity index (χ1n) is 5.54. The van der Waals surface area contributed by atoms with Crippen molar-refractivity contribution in [3.05, 3.63) is 0 Å². The quantitative estimate of drug-likeness (QED) is 0.527. The topological polar surface area (TPSA) is 27.1 Å². The van der Waals surface area contributed by atoms with Crippen molar-refractivity contribution in [2.24, 2.45) is 5.92 Å². The van der Waals surface area contributed by atoms with Crippen molar-refractivity contribution in [1.29, 1.82) is 5.41 Å². The molecule has 0 unspecified atom stereocenters. The van der Waals surface area contributed by atoms with E-state index in [4.69, 9.17) is 5.41 Å². The molecule has 2 nitrogen and oxygen atoms in total. The number of nitrogens with zero attached hydrogens (tertiary/aromatic N) is 1. The Morgan fingerprint density at radius 1 is 1.31 bits per heavy atom. The highest BCUT2D eigenvalue weighted by atomic mass is 15.2. The van der Waals surface area contributed by atoms with Gasteiger partial charge in [0.1, 0.15) is 0 Å². The molecule has 0 saturated heterocycles. The maximum Gasteiger partial charge on any atom is 0.0925 e. The fraction of sp³-hybridized carbons (Fsp3) is 0.909. The first-order valence-corrected chi connectivity index (χ1v) is 5.54. The van der Waals surface area contributed by atoms with Gasteiger partial charge in [0, 0.05) is 13.1 Å². The molecule has 1 aliphatic rings. The van der Waals surface area contributed by atoms with Crippen molar-refractivity contribution < 1.29 is 0 Å². The van der Waals surface area contributed by atoms with E-state index < -0.39 is 0 Å². The molecule has 0 atom stereocenters. The average molecular weight is 182 g/mol. The van der Waals surface area contributed by atoms with Crippen LogP contribution in [0.5, 0.6) is 0 Å². The van der Waals surface area contributed by atoms with Gasteiger partial charge in [-0.15, -0.1) is 0 Å². The van der Waals surface area contributed by atoms with E-state index in [0.717, 1.165) is 24.8 Å². The molecule has 0 aromatic heterocycles. The van der Waals surface area contributed by atoms with Crippen molar-refractivity contribution in [2.75, 3.05) is 13.1 Å². The van der Waals surface area contributed by atoms with Crippen molar-refractivity contribution in [1.82, 2.24) is 4.90 Å². The van der Waals surface area contributed by atoms with Gasteiger partial charge >= 0.3 is 0 Å². The number of rotatable bonds is 3. The molecule has 13 heavy (non-hydrogen) atoms. The standard InChI is InChI=1S/C11H22N2/c1-3-13(10(2)12)9-11-7-5-4-6-8-11/h11-12H,3-9H2,1-2H3. The van der Waals surface area contributed by atoms with Crippen LogP contribution in [0, 0.1) is 11.3 Å². The van der Waals surface area contributed by atoms with Crippen LogP contribution in [0.15, 0.2) is 0 Å². The molecular weight excluding hydrogens is 160 g/mol. The SMILES string of the molecule is CCN(CC1CCCCC1)C(C)=N. The lowest BCUT2D eigenvalue weighted by Gasteiger charge is -2.29. The molecule has 0 radical (unpaired) electrons. The van der Waals surface area contributed by atoms with Crippen LogP contribution in [0.1, 0.15) is 46.0 Å². The van der Waals surface area contributed by atoms with Gasteiger partial charge in [-0.1, -0.05) is 19.3 Å². The molecule has 1 fully saturated rings. The predicted octanol–water partition coefficient (Wildman–Crippen LogP) is 2.89. The molecular formula is C11H22N2. The Balaban J connectivity index is 2.31. The van der Waals surface area contributed by atoms with Gasteiger partial charge in [0.25, 0.3) is 0 Å². The molecule has 0 heterocycles. The maximum absolute atomic E-state index is 7.60. The van der Waals surface area contributed by atoms with Gasteiger partial charge in [-0.25, -0.2) is 0 Å². The predicted molar refractivity (Wildman–Crippen MR) is 57.2 cm³/mol. The van der Waals surface area contributed by atoms with E-state index in [2.05, 4.69) is 11.8 Å². The van der Waals surface area contributed by atoms with Crippen LogP contribution in [-0.4, -0.2) is 23.8 Å². The van der Waals surface area contributed by atoms with Crippen molar-refractivity contribution in [3.63, 3.8) is 0 Å². The van der Waals surface area contributed by atoms with Crippen LogP contribution in [-0.2, 0) is 0 Å². The summed E-state index contributed by atoms with van der Waals surface area (Å²) in [7, 11) is 0. The number of hydrogen-bond donors (Lipinski definition) is 1. The molecule has 0 aromatic rings. The van der Waals surface area contributed by atoms with E-state index >= 15 is 0 Å². The van der Waals surface area contributed by atoms with E-state index in [1.165, 1.54) is 32.1 Å². The Labute approximate surface area is 81.8 Å².